The quantitative estimate of drug-likeness (QED) is 0.175. The second-order valence-corrected chi connectivity index (χ2v) is 13.2. The second-order valence-electron chi connectivity index (χ2n) is 13.2. The van der Waals surface area contributed by atoms with E-state index in [2.05, 4.69) is 91.0 Å². The Morgan fingerprint density at radius 3 is 1.73 bits per heavy atom. The summed E-state index contributed by atoms with van der Waals surface area (Å²) in [6.45, 7) is 0. The van der Waals surface area contributed by atoms with Crippen LogP contribution in [0.5, 0.6) is 0 Å². The van der Waals surface area contributed by atoms with Gasteiger partial charge in [0.25, 0.3) is 0 Å². The molecule has 0 N–H and O–H groups in total. The van der Waals surface area contributed by atoms with Crippen LogP contribution in [0.25, 0.3) is 111 Å². The van der Waals surface area contributed by atoms with E-state index in [4.69, 9.17) is 23.8 Å². The van der Waals surface area contributed by atoms with Crippen molar-refractivity contribution in [3.63, 3.8) is 0 Å². The van der Waals surface area contributed by atoms with Gasteiger partial charge in [-0.25, -0.2) is 15.0 Å². The molecule has 11 aromatic rings. The fourth-order valence-corrected chi connectivity index (χ4v) is 7.67. The van der Waals surface area contributed by atoms with Crippen LogP contribution in [0, 0.1) is 0 Å². The highest BCUT2D eigenvalue weighted by molar-refractivity contribution is 6.18. The van der Waals surface area contributed by atoms with Crippen molar-refractivity contribution in [2.45, 2.75) is 0 Å². The van der Waals surface area contributed by atoms with Gasteiger partial charge < -0.3 is 8.83 Å². The van der Waals surface area contributed by atoms with Gasteiger partial charge >= 0.3 is 0 Å². The summed E-state index contributed by atoms with van der Waals surface area (Å²) >= 11 is 0. The van der Waals surface area contributed by atoms with Gasteiger partial charge in [-0.1, -0.05) is 127 Å². The Balaban J connectivity index is 1.15. The second kappa shape index (κ2) is 11.2. The maximum atomic E-state index is 6.54. The Morgan fingerprint density at radius 1 is 0.308 bits per heavy atom. The average Bonchev–Trinajstić information content (AvgIpc) is 3.79. The molecule has 0 bridgehead atoms. The largest absolute Gasteiger partial charge is 0.456 e. The van der Waals surface area contributed by atoms with Gasteiger partial charge in [-0.05, 0) is 69.1 Å². The Hall–Kier alpha value is -7.11. The number of aromatic nitrogens is 3. The van der Waals surface area contributed by atoms with Crippen molar-refractivity contribution in [1.29, 1.82) is 0 Å². The lowest BCUT2D eigenvalue weighted by molar-refractivity contribution is 0.668. The molecule has 52 heavy (non-hydrogen) atoms. The lowest BCUT2D eigenvalue weighted by Crippen LogP contribution is -2.00. The summed E-state index contributed by atoms with van der Waals surface area (Å²) in [5.74, 6) is 1.80. The topological polar surface area (TPSA) is 65.0 Å². The van der Waals surface area contributed by atoms with Crippen LogP contribution in [0.15, 0.2) is 173 Å². The predicted molar refractivity (Wildman–Crippen MR) is 211 cm³/mol. The Labute approximate surface area is 297 Å². The lowest BCUT2D eigenvalue weighted by Gasteiger charge is -2.11. The van der Waals surface area contributed by atoms with E-state index < -0.39 is 0 Å². The van der Waals surface area contributed by atoms with E-state index in [1.165, 1.54) is 16.2 Å². The third kappa shape index (κ3) is 4.46. The SMILES string of the molecule is c1ccc(-c2nc(-c3ccc4ccc5ccccc5c4c3)nc(-c3cccc4oc5cccc(-c6ccc7c(c6)oc6ccccc67)c5c34)n2)cc1. The van der Waals surface area contributed by atoms with E-state index in [1.54, 1.807) is 0 Å². The molecular formula is C47H27N3O2. The molecular weight excluding hydrogens is 639 g/mol. The van der Waals surface area contributed by atoms with Crippen LogP contribution in [0.4, 0.5) is 0 Å². The van der Waals surface area contributed by atoms with Crippen LogP contribution in [0.3, 0.4) is 0 Å². The molecule has 0 aliphatic carbocycles. The van der Waals surface area contributed by atoms with Gasteiger partial charge in [0, 0.05) is 38.2 Å². The van der Waals surface area contributed by atoms with Crippen molar-refractivity contribution >= 4 is 65.4 Å². The van der Waals surface area contributed by atoms with Gasteiger partial charge in [0.05, 0.1) is 0 Å². The summed E-state index contributed by atoms with van der Waals surface area (Å²) in [5.41, 5.74) is 8.10. The van der Waals surface area contributed by atoms with Crippen molar-refractivity contribution < 1.29 is 8.83 Å². The summed E-state index contributed by atoms with van der Waals surface area (Å²) < 4.78 is 12.8. The van der Waals surface area contributed by atoms with E-state index in [-0.39, 0.29) is 0 Å². The minimum atomic E-state index is 0.581. The first-order chi connectivity index (χ1) is 25.7. The molecule has 0 spiro atoms. The zero-order chi connectivity index (χ0) is 34.2. The Kier molecular flexibility index (Phi) is 6.18. The summed E-state index contributed by atoms with van der Waals surface area (Å²) in [6, 6.07) is 56.3. The molecule has 8 aromatic carbocycles. The number of para-hydroxylation sites is 1. The first kappa shape index (κ1) is 28.7. The van der Waals surface area contributed by atoms with Crippen molar-refractivity contribution in [1.82, 2.24) is 15.0 Å². The molecule has 0 aliphatic heterocycles. The first-order valence-electron chi connectivity index (χ1n) is 17.3. The lowest BCUT2D eigenvalue weighted by atomic mass is 9.96. The maximum absolute atomic E-state index is 6.54. The third-order valence-corrected chi connectivity index (χ3v) is 10.1. The molecule has 0 saturated heterocycles. The van der Waals surface area contributed by atoms with Crippen LogP contribution in [0.1, 0.15) is 0 Å². The zero-order valence-corrected chi connectivity index (χ0v) is 27.7. The van der Waals surface area contributed by atoms with Crippen LogP contribution in [-0.4, -0.2) is 15.0 Å². The smallest absolute Gasteiger partial charge is 0.164 e. The molecule has 0 aliphatic rings. The molecule has 3 aromatic heterocycles. The molecule has 5 heteroatoms. The summed E-state index contributed by atoms with van der Waals surface area (Å²) in [4.78, 5) is 15.4. The number of benzene rings is 8. The Morgan fingerprint density at radius 2 is 0.885 bits per heavy atom. The fraction of sp³-hybridized carbons (Fsp3) is 0. The molecule has 0 unspecified atom stereocenters. The number of nitrogens with zero attached hydrogens (tertiary/aromatic N) is 3. The fourth-order valence-electron chi connectivity index (χ4n) is 7.67. The molecule has 11 rings (SSSR count). The van der Waals surface area contributed by atoms with Crippen LogP contribution in [-0.2, 0) is 0 Å². The molecule has 3 heterocycles. The van der Waals surface area contributed by atoms with Crippen molar-refractivity contribution in [2.24, 2.45) is 0 Å². The minimum Gasteiger partial charge on any atom is -0.456 e. The third-order valence-electron chi connectivity index (χ3n) is 10.1. The van der Waals surface area contributed by atoms with Crippen molar-refractivity contribution in [2.75, 3.05) is 0 Å². The monoisotopic (exact) mass is 665 g/mol. The average molecular weight is 666 g/mol. The highest BCUT2D eigenvalue weighted by atomic mass is 16.3. The molecule has 0 atom stereocenters. The van der Waals surface area contributed by atoms with Crippen molar-refractivity contribution in [3.8, 4) is 45.3 Å². The highest BCUT2D eigenvalue weighted by Gasteiger charge is 2.21. The number of furan rings is 2. The predicted octanol–water partition coefficient (Wildman–Crippen LogP) is 12.6. The summed E-state index contributed by atoms with van der Waals surface area (Å²) in [7, 11) is 0. The van der Waals surface area contributed by atoms with E-state index in [0.29, 0.717) is 17.5 Å². The standard InChI is InChI=1S/C47H27N3O2/c1-2-11-30(12-3-1)45-48-46(32-23-22-29-21-20-28-10-4-5-13-33(28)38(29)26-32)50-47(49-45)37-16-9-19-41-44(37)43-34(15-8-18-40(43)52-41)31-24-25-36-35-14-6-7-17-39(35)51-42(36)27-31/h1-27H. The first-order valence-corrected chi connectivity index (χ1v) is 17.3. The zero-order valence-electron chi connectivity index (χ0n) is 27.7. The van der Waals surface area contributed by atoms with E-state index in [9.17, 15) is 0 Å². The number of rotatable bonds is 4. The van der Waals surface area contributed by atoms with E-state index >= 15 is 0 Å². The van der Waals surface area contributed by atoms with Gasteiger partial charge in [-0.15, -0.1) is 0 Å². The Bertz CT molecular complexity index is 3190. The van der Waals surface area contributed by atoms with Gasteiger partial charge in [0.15, 0.2) is 17.5 Å². The van der Waals surface area contributed by atoms with Gasteiger partial charge in [-0.2, -0.15) is 0 Å². The van der Waals surface area contributed by atoms with Crippen LogP contribution < -0.4 is 0 Å². The van der Waals surface area contributed by atoms with Gasteiger partial charge in [0.2, 0.25) is 0 Å². The maximum Gasteiger partial charge on any atom is 0.164 e. The van der Waals surface area contributed by atoms with E-state index in [0.717, 1.165) is 77.1 Å². The summed E-state index contributed by atoms with van der Waals surface area (Å²) in [6.07, 6.45) is 0. The van der Waals surface area contributed by atoms with Crippen molar-refractivity contribution in [3.05, 3.63) is 164 Å². The van der Waals surface area contributed by atoms with Gasteiger partial charge in [-0.3, -0.25) is 0 Å². The molecule has 0 saturated carbocycles. The minimum absolute atomic E-state index is 0.581. The van der Waals surface area contributed by atoms with E-state index in [1.807, 2.05) is 72.8 Å². The number of fused-ring (bicyclic) bond motifs is 9. The summed E-state index contributed by atoms with van der Waals surface area (Å²) in [5, 5.41) is 8.89. The normalized spacial score (nSPS) is 11.8. The molecule has 0 radical (unpaired) electrons. The molecule has 242 valence electrons. The number of hydrogen-bond donors (Lipinski definition) is 0. The van der Waals surface area contributed by atoms with Crippen LogP contribution in [0.2, 0.25) is 0 Å². The molecule has 0 fully saturated rings. The van der Waals surface area contributed by atoms with Crippen LogP contribution >= 0.6 is 0 Å². The van der Waals surface area contributed by atoms with Gasteiger partial charge in [0.1, 0.15) is 22.3 Å². The molecule has 0 amide bonds. The highest BCUT2D eigenvalue weighted by Crippen LogP contribution is 2.42. The number of hydrogen-bond acceptors (Lipinski definition) is 5. The molecule has 5 nitrogen and oxygen atoms in total.